The zero-order valence-electron chi connectivity index (χ0n) is 9.08. The Labute approximate surface area is 88.7 Å². The average molecular weight is 208 g/mol. The number of carboxylic acids is 1. The molecule has 1 aromatic rings. The molecule has 0 amide bonds. The van der Waals surface area contributed by atoms with E-state index in [-0.39, 0.29) is 17.8 Å². The number of aromatic nitrogens is 2. The summed E-state index contributed by atoms with van der Waals surface area (Å²) in [5.41, 5.74) is 2.23. The highest BCUT2D eigenvalue weighted by Crippen LogP contribution is 2.41. The van der Waals surface area contributed by atoms with Gasteiger partial charge in [0, 0.05) is 11.6 Å². The predicted molar refractivity (Wildman–Crippen MR) is 55.7 cm³/mol. The van der Waals surface area contributed by atoms with Crippen molar-refractivity contribution in [1.82, 2.24) is 9.97 Å². The molecule has 0 spiro atoms. The van der Waals surface area contributed by atoms with E-state index in [9.17, 15) is 4.79 Å². The van der Waals surface area contributed by atoms with Crippen molar-refractivity contribution in [3.05, 3.63) is 17.7 Å². The third-order valence-electron chi connectivity index (χ3n) is 3.01. The van der Waals surface area contributed by atoms with E-state index in [1.807, 2.05) is 0 Å². The normalized spacial score (nSPS) is 23.5. The topological polar surface area (TPSA) is 66.0 Å². The number of fused-ring (bicyclic) bond motifs is 1. The summed E-state index contributed by atoms with van der Waals surface area (Å²) in [5.74, 6) is -0.681. The number of hydrogen-bond acceptors (Lipinski definition) is 2. The zero-order chi connectivity index (χ0) is 11.1. The van der Waals surface area contributed by atoms with Crippen molar-refractivity contribution in [2.75, 3.05) is 0 Å². The molecule has 4 heteroatoms. The number of nitrogens with zero attached hydrogens (tertiary/aromatic N) is 1. The summed E-state index contributed by atoms with van der Waals surface area (Å²) in [6.45, 7) is 4.34. The molecular weight excluding hydrogens is 192 g/mol. The molecule has 0 aliphatic heterocycles. The lowest BCUT2D eigenvalue weighted by molar-refractivity contribution is -0.137. The van der Waals surface area contributed by atoms with Crippen LogP contribution >= 0.6 is 0 Å². The standard InChI is InChI=1S/C11H16N2O2/c1-11(2)4-7(3-9(14)15)10-8(5-11)12-6-13-10/h6-7H,3-5H2,1-2H3,(H,12,13)(H,14,15). The minimum atomic E-state index is -0.744. The lowest BCUT2D eigenvalue weighted by atomic mass is 9.72. The Morgan fingerprint density at radius 2 is 2.47 bits per heavy atom. The van der Waals surface area contributed by atoms with E-state index in [4.69, 9.17) is 5.11 Å². The highest BCUT2D eigenvalue weighted by atomic mass is 16.4. The van der Waals surface area contributed by atoms with E-state index < -0.39 is 5.97 Å². The Morgan fingerprint density at radius 1 is 1.73 bits per heavy atom. The Bertz CT molecular complexity index is 382. The molecule has 1 aliphatic carbocycles. The molecule has 0 bridgehead atoms. The Balaban J connectivity index is 2.29. The second kappa shape index (κ2) is 3.36. The maximum Gasteiger partial charge on any atom is 0.304 e. The molecule has 0 saturated heterocycles. The third-order valence-corrected chi connectivity index (χ3v) is 3.01. The monoisotopic (exact) mass is 208 g/mol. The van der Waals surface area contributed by atoms with Gasteiger partial charge in [0.1, 0.15) is 0 Å². The Hall–Kier alpha value is -1.32. The van der Waals surface area contributed by atoms with Crippen LogP contribution in [0.25, 0.3) is 0 Å². The molecule has 0 radical (unpaired) electrons. The Morgan fingerprint density at radius 3 is 3.13 bits per heavy atom. The summed E-state index contributed by atoms with van der Waals surface area (Å²) in [6, 6.07) is 0. The summed E-state index contributed by atoms with van der Waals surface area (Å²) in [5, 5.41) is 8.86. The van der Waals surface area contributed by atoms with E-state index in [0.29, 0.717) is 0 Å². The SMILES string of the molecule is CC1(C)Cc2[nH]cnc2C(CC(=O)O)C1. The first kappa shape index (κ1) is 10.2. The van der Waals surface area contributed by atoms with Crippen LogP contribution < -0.4 is 0 Å². The molecule has 4 nitrogen and oxygen atoms in total. The van der Waals surface area contributed by atoms with E-state index in [1.165, 1.54) is 0 Å². The first-order chi connectivity index (χ1) is 6.98. The number of nitrogens with one attached hydrogen (secondary N) is 1. The molecular formula is C11H16N2O2. The van der Waals surface area contributed by atoms with Crippen LogP contribution in [0.5, 0.6) is 0 Å². The number of aliphatic carboxylic acids is 1. The van der Waals surface area contributed by atoms with Crippen molar-refractivity contribution < 1.29 is 9.90 Å². The second-order valence-corrected chi connectivity index (χ2v) is 5.11. The largest absolute Gasteiger partial charge is 0.481 e. The van der Waals surface area contributed by atoms with Gasteiger partial charge in [-0.1, -0.05) is 13.8 Å². The fraction of sp³-hybridized carbons (Fsp3) is 0.636. The van der Waals surface area contributed by atoms with Crippen molar-refractivity contribution in [3.8, 4) is 0 Å². The zero-order valence-corrected chi connectivity index (χ0v) is 9.08. The van der Waals surface area contributed by atoms with Gasteiger partial charge in [0.25, 0.3) is 0 Å². The van der Waals surface area contributed by atoms with Crippen molar-refractivity contribution in [2.45, 2.75) is 39.0 Å². The molecule has 15 heavy (non-hydrogen) atoms. The van der Waals surface area contributed by atoms with E-state index >= 15 is 0 Å². The number of rotatable bonds is 2. The fourth-order valence-electron chi connectivity index (χ4n) is 2.52. The highest BCUT2D eigenvalue weighted by molar-refractivity contribution is 5.68. The molecule has 2 rings (SSSR count). The van der Waals surface area contributed by atoms with Crippen LogP contribution in [-0.4, -0.2) is 21.0 Å². The van der Waals surface area contributed by atoms with Gasteiger partial charge in [0.15, 0.2) is 0 Å². The van der Waals surface area contributed by atoms with Gasteiger partial charge in [-0.15, -0.1) is 0 Å². The number of carboxylic acid groups (broad SMARTS) is 1. The Kier molecular flexibility index (Phi) is 2.29. The molecule has 0 aromatic carbocycles. The van der Waals surface area contributed by atoms with Crippen LogP contribution in [0.1, 0.15) is 44.0 Å². The number of imidazole rings is 1. The van der Waals surface area contributed by atoms with Crippen LogP contribution in [0.3, 0.4) is 0 Å². The van der Waals surface area contributed by atoms with E-state index in [0.717, 1.165) is 24.2 Å². The van der Waals surface area contributed by atoms with Crippen molar-refractivity contribution in [2.24, 2.45) is 5.41 Å². The molecule has 1 heterocycles. The smallest absolute Gasteiger partial charge is 0.304 e. The molecule has 2 N–H and O–H groups in total. The van der Waals surface area contributed by atoms with Gasteiger partial charge in [0.2, 0.25) is 0 Å². The maximum atomic E-state index is 10.8. The van der Waals surface area contributed by atoms with Gasteiger partial charge in [-0.2, -0.15) is 0 Å². The first-order valence-electron chi connectivity index (χ1n) is 5.22. The van der Waals surface area contributed by atoms with E-state index in [2.05, 4.69) is 23.8 Å². The van der Waals surface area contributed by atoms with Crippen LogP contribution in [0.2, 0.25) is 0 Å². The maximum absolute atomic E-state index is 10.8. The molecule has 1 unspecified atom stereocenters. The fourth-order valence-corrected chi connectivity index (χ4v) is 2.52. The summed E-state index contributed by atoms with van der Waals surface area (Å²) in [4.78, 5) is 18.1. The van der Waals surface area contributed by atoms with Gasteiger partial charge in [-0.05, 0) is 18.3 Å². The molecule has 1 atom stereocenters. The summed E-state index contributed by atoms with van der Waals surface area (Å²) >= 11 is 0. The lowest BCUT2D eigenvalue weighted by Gasteiger charge is -2.33. The summed E-state index contributed by atoms with van der Waals surface area (Å²) in [6.07, 6.45) is 3.71. The van der Waals surface area contributed by atoms with Gasteiger partial charge >= 0.3 is 5.97 Å². The van der Waals surface area contributed by atoms with Crippen molar-refractivity contribution >= 4 is 5.97 Å². The number of aromatic amines is 1. The molecule has 1 aromatic heterocycles. The van der Waals surface area contributed by atoms with Crippen LogP contribution in [-0.2, 0) is 11.2 Å². The minimum Gasteiger partial charge on any atom is -0.481 e. The van der Waals surface area contributed by atoms with Crippen LogP contribution in [0, 0.1) is 5.41 Å². The van der Waals surface area contributed by atoms with Crippen molar-refractivity contribution in [1.29, 1.82) is 0 Å². The lowest BCUT2D eigenvalue weighted by Crippen LogP contribution is -2.27. The highest BCUT2D eigenvalue weighted by Gasteiger charge is 2.34. The quantitative estimate of drug-likeness (QED) is 0.780. The van der Waals surface area contributed by atoms with Crippen LogP contribution in [0.4, 0.5) is 0 Å². The number of carbonyl (C=O) groups is 1. The number of H-pyrrole nitrogens is 1. The van der Waals surface area contributed by atoms with Gasteiger partial charge in [-0.3, -0.25) is 4.79 Å². The molecule has 0 saturated carbocycles. The first-order valence-corrected chi connectivity index (χ1v) is 5.22. The summed E-state index contributed by atoms with van der Waals surface area (Å²) < 4.78 is 0. The summed E-state index contributed by atoms with van der Waals surface area (Å²) in [7, 11) is 0. The average Bonchev–Trinajstić information content (AvgIpc) is 2.48. The predicted octanol–water partition coefficient (Wildman–Crippen LogP) is 1.94. The van der Waals surface area contributed by atoms with Gasteiger partial charge in [0.05, 0.1) is 18.4 Å². The van der Waals surface area contributed by atoms with Crippen molar-refractivity contribution in [3.63, 3.8) is 0 Å². The molecule has 82 valence electrons. The van der Waals surface area contributed by atoms with Gasteiger partial charge in [-0.25, -0.2) is 4.98 Å². The number of hydrogen-bond donors (Lipinski definition) is 2. The third kappa shape index (κ3) is 2.03. The van der Waals surface area contributed by atoms with Crippen LogP contribution in [0.15, 0.2) is 6.33 Å². The van der Waals surface area contributed by atoms with E-state index in [1.54, 1.807) is 6.33 Å². The molecule has 0 fully saturated rings. The molecule has 1 aliphatic rings. The van der Waals surface area contributed by atoms with Gasteiger partial charge < -0.3 is 10.1 Å². The second-order valence-electron chi connectivity index (χ2n) is 5.11. The minimum absolute atomic E-state index is 0.0625.